The minimum Gasteiger partial charge on any atom is -0.497 e. The lowest BCUT2D eigenvalue weighted by molar-refractivity contribution is -0.134. The third-order valence-electron chi connectivity index (χ3n) is 4.67. The largest absolute Gasteiger partial charge is 0.497 e. The molecule has 0 aliphatic carbocycles. The number of unbranched alkanes of at least 4 members (excludes halogenated alkanes) is 1. The first kappa shape index (κ1) is 21.7. The van der Waals surface area contributed by atoms with Gasteiger partial charge in [-0.15, -0.1) is 0 Å². The molecule has 154 valence electrons. The van der Waals surface area contributed by atoms with Crippen LogP contribution in [0.15, 0.2) is 24.3 Å². The average Bonchev–Trinajstić information content (AvgIpc) is 2.91. The maximum atomic E-state index is 12.8. The van der Waals surface area contributed by atoms with Gasteiger partial charge < -0.3 is 20.1 Å². The van der Waals surface area contributed by atoms with Crippen molar-refractivity contribution >= 4 is 17.8 Å². The first-order chi connectivity index (χ1) is 13.4. The molecule has 0 bridgehead atoms. The summed E-state index contributed by atoms with van der Waals surface area (Å²) in [7, 11) is 1.55. The predicted molar refractivity (Wildman–Crippen MR) is 104 cm³/mol. The summed E-state index contributed by atoms with van der Waals surface area (Å²) in [6, 6.07) is 6.30. The Morgan fingerprint density at radius 1 is 1.18 bits per heavy atom. The number of methoxy groups -OCH3 is 1. The van der Waals surface area contributed by atoms with Crippen molar-refractivity contribution in [1.29, 1.82) is 0 Å². The third-order valence-corrected chi connectivity index (χ3v) is 4.67. The number of carbonyl (C=O) groups excluding carboxylic acids is 3. The summed E-state index contributed by atoms with van der Waals surface area (Å²) in [6.07, 6.45) is 2.78. The van der Waals surface area contributed by atoms with Crippen LogP contribution in [0.25, 0.3) is 0 Å². The van der Waals surface area contributed by atoms with Crippen LogP contribution in [0.4, 0.5) is 4.79 Å². The molecule has 0 radical (unpaired) electrons. The molecule has 8 heteroatoms. The smallest absolute Gasteiger partial charge is 0.325 e. The highest BCUT2D eigenvalue weighted by atomic mass is 16.5. The Bertz CT molecular complexity index is 692. The Hall–Kier alpha value is -2.61. The molecule has 1 aromatic rings. The number of amides is 4. The summed E-state index contributed by atoms with van der Waals surface area (Å²) in [4.78, 5) is 38.2. The van der Waals surface area contributed by atoms with Gasteiger partial charge in [0.25, 0.3) is 5.91 Å². The zero-order valence-corrected chi connectivity index (χ0v) is 16.7. The molecule has 1 fully saturated rings. The van der Waals surface area contributed by atoms with Crippen LogP contribution in [0, 0.1) is 0 Å². The lowest BCUT2D eigenvalue weighted by Crippen LogP contribution is -2.43. The third kappa shape index (κ3) is 5.22. The van der Waals surface area contributed by atoms with Gasteiger partial charge in [0.1, 0.15) is 17.8 Å². The number of imide groups is 1. The maximum absolute atomic E-state index is 12.8. The van der Waals surface area contributed by atoms with Crippen LogP contribution in [0.1, 0.15) is 38.7 Å². The Morgan fingerprint density at radius 3 is 2.50 bits per heavy atom. The second kappa shape index (κ2) is 10.1. The number of hydrogen-bond donors (Lipinski definition) is 2. The molecule has 4 amide bonds. The van der Waals surface area contributed by atoms with Crippen molar-refractivity contribution in [3.8, 4) is 5.75 Å². The van der Waals surface area contributed by atoms with Gasteiger partial charge >= 0.3 is 6.03 Å². The molecule has 1 aliphatic rings. The zero-order valence-electron chi connectivity index (χ0n) is 16.7. The lowest BCUT2D eigenvalue weighted by Gasteiger charge is -2.22. The molecule has 2 N–H and O–H groups in total. The topological polar surface area (TPSA) is 97.0 Å². The summed E-state index contributed by atoms with van der Waals surface area (Å²) >= 11 is 0. The number of benzene rings is 1. The highest BCUT2D eigenvalue weighted by molar-refractivity contribution is 6.09. The molecular weight excluding hydrogens is 362 g/mol. The SMILES string of the molecule is CCCCOCCCNC(=O)CN1C(=O)NC(C)(c2ccc(OC)cc2)C1=O. The van der Waals surface area contributed by atoms with Gasteiger partial charge in [0, 0.05) is 19.8 Å². The number of urea groups is 1. The van der Waals surface area contributed by atoms with Crippen molar-refractivity contribution in [3.05, 3.63) is 29.8 Å². The van der Waals surface area contributed by atoms with E-state index in [0.717, 1.165) is 24.3 Å². The van der Waals surface area contributed by atoms with E-state index in [0.29, 0.717) is 30.9 Å². The molecule has 1 atom stereocenters. The van der Waals surface area contributed by atoms with Gasteiger partial charge in [0.2, 0.25) is 5.91 Å². The summed E-state index contributed by atoms with van der Waals surface area (Å²) < 4.78 is 10.5. The van der Waals surface area contributed by atoms with E-state index >= 15 is 0 Å². The lowest BCUT2D eigenvalue weighted by atomic mass is 9.92. The second-order valence-corrected chi connectivity index (χ2v) is 6.84. The Labute approximate surface area is 165 Å². The van der Waals surface area contributed by atoms with Crippen LogP contribution < -0.4 is 15.4 Å². The van der Waals surface area contributed by atoms with Gasteiger partial charge in [-0.1, -0.05) is 25.5 Å². The van der Waals surface area contributed by atoms with Crippen LogP contribution in [0.5, 0.6) is 5.75 Å². The number of ether oxygens (including phenoxy) is 2. The Balaban J connectivity index is 1.86. The van der Waals surface area contributed by atoms with Crippen LogP contribution in [-0.2, 0) is 19.9 Å². The number of rotatable bonds is 11. The molecule has 0 aromatic heterocycles. The van der Waals surface area contributed by atoms with Gasteiger partial charge in [-0.25, -0.2) is 4.79 Å². The highest BCUT2D eigenvalue weighted by Gasteiger charge is 2.49. The molecular formula is C20H29N3O5. The summed E-state index contributed by atoms with van der Waals surface area (Å²) in [6.45, 7) is 5.13. The monoisotopic (exact) mass is 391 g/mol. The van der Waals surface area contributed by atoms with Crippen molar-refractivity contribution in [2.45, 2.75) is 38.6 Å². The summed E-state index contributed by atoms with van der Waals surface area (Å²) in [5.74, 6) is -0.184. The van der Waals surface area contributed by atoms with E-state index < -0.39 is 17.5 Å². The molecule has 0 spiro atoms. The van der Waals surface area contributed by atoms with Gasteiger partial charge in [0.05, 0.1) is 7.11 Å². The summed E-state index contributed by atoms with van der Waals surface area (Å²) in [5, 5.41) is 5.40. The minimum absolute atomic E-state index is 0.312. The molecule has 1 unspecified atom stereocenters. The molecule has 0 saturated carbocycles. The van der Waals surface area contributed by atoms with Gasteiger partial charge in [-0.05, 0) is 37.5 Å². The average molecular weight is 391 g/mol. The molecule has 28 heavy (non-hydrogen) atoms. The quantitative estimate of drug-likeness (QED) is 0.443. The number of nitrogens with zero attached hydrogens (tertiary/aromatic N) is 1. The van der Waals surface area contributed by atoms with Gasteiger partial charge in [0.15, 0.2) is 0 Å². The first-order valence-electron chi connectivity index (χ1n) is 9.55. The minimum atomic E-state index is -1.21. The van der Waals surface area contributed by atoms with Gasteiger partial charge in [-0.3, -0.25) is 14.5 Å². The maximum Gasteiger partial charge on any atom is 0.325 e. The van der Waals surface area contributed by atoms with Crippen molar-refractivity contribution in [3.63, 3.8) is 0 Å². The summed E-state index contributed by atoms with van der Waals surface area (Å²) in [5.41, 5.74) is -0.588. The molecule has 8 nitrogen and oxygen atoms in total. The molecule has 1 heterocycles. The van der Waals surface area contributed by atoms with E-state index in [1.54, 1.807) is 38.3 Å². The Kier molecular flexibility index (Phi) is 7.80. The van der Waals surface area contributed by atoms with E-state index in [2.05, 4.69) is 17.6 Å². The molecule has 2 rings (SSSR count). The van der Waals surface area contributed by atoms with E-state index in [-0.39, 0.29) is 12.5 Å². The normalized spacial score (nSPS) is 18.9. The van der Waals surface area contributed by atoms with E-state index in [9.17, 15) is 14.4 Å². The molecule has 1 aliphatic heterocycles. The van der Waals surface area contributed by atoms with Crippen molar-refractivity contribution < 1.29 is 23.9 Å². The first-order valence-corrected chi connectivity index (χ1v) is 9.55. The predicted octanol–water partition coefficient (Wildman–Crippen LogP) is 1.79. The van der Waals surface area contributed by atoms with Crippen LogP contribution in [0.3, 0.4) is 0 Å². The van der Waals surface area contributed by atoms with Crippen LogP contribution in [0.2, 0.25) is 0 Å². The van der Waals surface area contributed by atoms with Crippen LogP contribution in [-0.4, -0.2) is 56.2 Å². The number of carbonyl (C=O) groups is 3. The fourth-order valence-corrected chi connectivity index (χ4v) is 2.91. The Morgan fingerprint density at radius 2 is 1.86 bits per heavy atom. The zero-order chi connectivity index (χ0) is 20.6. The van der Waals surface area contributed by atoms with Crippen LogP contribution >= 0.6 is 0 Å². The highest BCUT2D eigenvalue weighted by Crippen LogP contribution is 2.29. The standard InChI is InChI=1S/C20H29N3O5/c1-4-5-12-28-13-6-11-21-17(24)14-23-18(25)20(2,22-19(23)26)15-7-9-16(27-3)10-8-15/h7-10H,4-6,11-14H2,1-3H3,(H,21,24)(H,22,26). The fourth-order valence-electron chi connectivity index (χ4n) is 2.91. The molecule has 1 aromatic carbocycles. The second-order valence-electron chi connectivity index (χ2n) is 6.84. The van der Waals surface area contributed by atoms with E-state index in [1.807, 2.05) is 0 Å². The van der Waals surface area contributed by atoms with Crippen molar-refractivity contribution in [2.24, 2.45) is 0 Å². The number of hydrogen-bond acceptors (Lipinski definition) is 5. The van der Waals surface area contributed by atoms with Crippen molar-refractivity contribution in [2.75, 3.05) is 33.4 Å². The fraction of sp³-hybridized carbons (Fsp3) is 0.550. The van der Waals surface area contributed by atoms with Crippen molar-refractivity contribution in [1.82, 2.24) is 15.5 Å². The van der Waals surface area contributed by atoms with E-state index in [1.165, 1.54) is 0 Å². The van der Waals surface area contributed by atoms with Gasteiger partial charge in [-0.2, -0.15) is 0 Å². The molecule has 1 saturated heterocycles. The number of nitrogens with one attached hydrogen (secondary N) is 2. The van der Waals surface area contributed by atoms with E-state index in [4.69, 9.17) is 9.47 Å².